The molecule has 0 unspecified atom stereocenters. The average molecular weight is 383 g/mol. The van der Waals surface area contributed by atoms with E-state index in [1.54, 1.807) is 17.7 Å². The molecule has 3 aromatic carbocycles. The summed E-state index contributed by atoms with van der Waals surface area (Å²) in [6.45, 7) is 3.83. The molecule has 4 heteroatoms. The van der Waals surface area contributed by atoms with Crippen LogP contribution in [0.15, 0.2) is 90.2 Å². The molecule has 0 atom stereocenters. The third-order valence-corrected chi connectivity index (χ3v) is 4.87. The number of nitrogens with zero attached hydrogens (tertiary/aromatic N) is 1. The molecule has 4 nitrogen and oxygen atoms in total. The molecule has 1 aromatic heterocycles. The second kappa shape index (κ2) is 8.07. The minimum absolute atomic E-state index is 0.0244. The number of benzene rings is 3. The summed E-state index contributed by atoms with van der Waals surface area (Å²) in [6.07, 6.45) is 1.78. The zero-order valence-corrected chi connectivity index (χ0v) is 16.2. The van der Waals surface area contributed by atoms with Gasteiger partial charge in [-0.05, 0) is 52.9 Å². The van der Waals surface area contributed by atoms with E-state index in [0.29, 0.717) is 11.3 Å². The maximum Gasteiger partial charge on any atom is 0.258 e. The standard InChI is InChI=1S/C25H21NO3/c1-3-18-8-12-21(13-9-18)28-17-29-22-14-10-19(11-15-22)23-16-20-6-4-5-7-24(20)26(2)25(23)27/h3-16H,1,17H2,2H3. The number of hydrogen-bond donors (Lipinski definition) is 0. The van der Waals surface area contributed by atoms with E-state index in [0.717, 1.165) is 27.8 Å². The summed E-state index contributed by atoms with van der Waals surface area (Å²) in [5.41, 5.74) is 3.44. The lowest BCUT2D eigenvalue weighted by Crippen LogP contribution is -2.18. The first kappa shape index (κ1) is 18.6. The van der Waals surface area contributed by atoms with Crippen LogP contribution in [0.25, 0.3) is 28.1 Å². The van der Waals surface area contributed by atoms with Gasteiger partial charge in [0.1, 0.15) is 11.5 Å². The largest absolute Gasteiger partial charge is 0.458 e. The Morgan fingerprint density at radius 2 is 1.52 bits per heavy atom. The van der Waals surface area contributed by atoms with E-state index in [-0.39, 0.29) is 12.4 Å². The molecule has 0 saturated heterocycles. The molecule has 144 valence electrons. The van der Waals surface area contributed by atoms with Crippen LogP contribution in [0.3, 0.4) is 0 Å². The van der Waals surface area contributed by atoms with Crippen LogP contribution in [0.1, 0.15) is 5.56 Å². The van der Waals surface area contributed by atoms with Crippen molar-refractivity contribution in [1.82, 2.24) is 4.57 Å². The molecule has 0 aliphatic rings. The van der Waals surface area contributed by atoms with Crippen molar-refractivity contribution in [2.24, 2.45) is 7.05 Å². The fourth-order valence-corrected chi connectivity index (χ4v) is 3.23. The van der Waals surface area contributed by atoms with E-state index in [4.69, 9.17) is 9.47 Å². The Kier molecular flexibility index (Phi) is 5.16. The summed E-state index contributed by atoms with van der Waals surface area (Å²) >= 11 is 0. The van der Waals surface area contributed by atoms with E-state index in [9.17, 15) is 4.79 Å². The Morgan fingerprint density at radius 3 is 2.17 bits per heavy atom. The highest BCUT2D eigenvalue weighted by molar-refractivity contribution is 5.84. The number of hydrogen-bond acceptors (Lipinski definition) is 3. The Balaban J connectivity index is 1.48. The minimum Gasteiger partial charge on any atom is -0.458 e. The number of pyridine rings is 1. The van der Waals surface area contributed by atoms with Crippen LogP contribution < -0.4 is 15.0 Å². The van der Waals surface area contributed by atoms with Crippen molar-refractivity contribution in [1.29, 1.82) is 0 Å². The van der Waals surface area contributed by atoms with Crippen molar-refractivity contribution in [2.45, 2.75) is 0 Å². The third-order valence-electron chi connectivity index (χ3n) is 4.87. The predicted octanol–water partition coefficient (Wildman–Crippen LogP) is 5.26. The van der Waals surface area contributed by atoms with Gasteiger partial charge in [-0.15, -0.1) is 0 Å². The molecule has 1 heterocycles. The van der Waals surface area contributed by atoms with Crippen LogP contribution >= 0.6 is 0 Å². The van der Waals surface area contributed by atoms with Crippen molar-refractivity contribution in [3.05, 3.63) is 101 Å². The lowest BCUT2D eigenvalue weighted by molar-refractivity contribution is 0.120. The summed E-state index contributed by atoms with van der Waals surface area (Å²) in [4.78, 5) is 12.7. The van der Waals surface area contributed by atoms with Crippen LogP contribution in [0.5, 0.6) is 11.5 Å². The summed E-state index contributed by atoms with van der Waals surface area (Å²) in [5, 5.41) is 1.03. The van der Waals surface area contributed by atoms with E-state index < -0.39 is 0 Å². The first-order valence-corrected chi connectivity index (χ1v) is 9.33. The lowest BCUT2D eigenvalue weighted by Gasteiger charge is -2.11. The number of ether oxygens (including phenoxy) is 2. The normalized spacial score (nSPS) is 10.7. The van der Waals surface area contributed by atoms with E-state index in [2.05, 4.69) is 6.58 Å². The van der Waals surface area contributed by atoms with Crippen molar-refractivity contribution >= 4 is 17.0 Å². The molecule has 0 N–H and O–H groups in total. The van der Waals surface area contributed by atoms with Gasteiger partial charge < -0.3 is 14.0 Å². The van der Waals surface area contributed by atoms with Gasteiger partial charge in [-0.1, -0.05) is 55.1 Å². The molecule has 0 bridgehead atoms. The SMILES string of the molecule is C=Cc1ccc(OCOc2ccc(-c3cc4ccccc4n(C)c3=O)cc2)cc1. The molecule has 0 fully saturated rings. The quantitative estimate of drug-likeness (QED) is 0.426. The second-order valence-electron chi connectivity index (χ2n) is 6.69. The summed E-state index contributed by atoms with van der Waals surface area (Å²) in [7, 11) is 1.80. The van der Waals surface area contributed by atoms with Gasteiger partial charge in [0.05, 0.1) is 5.52 Å². The summed E-state index contributed by atoms with van der Waals surface area (Å²) < 4.78 is 12.9. The van der Waals surface area contributed by atoms with Crippen molar-refractivity contribution in [3.63, 3.8) is 0 Å². The maximum atomic E-state index is 12.7. The third kappa shape index (κ3) is 3.92. The van der Waals surface area contributed by atoms with Gasteiger partial charge >= 0.3 is 0 Å². The molecule has 0 aliphatic carbocycles. The van der Waals surface area contributed by atoms with Crippen LogP contribution in [-0.2, 0) is 7.05 Å². The van der Waals surface area contributed by atoms with Crippen molar-refractivity contribution in [2.75, 3.05) is 6.79 Å². The maximum absolute atomic E-state index is 12.7. The molecule has 0 saturated carbocycles. The molecule has 0 radical (unpaired) electrons. The Bertz CT molecular complexity index is 1210. The molecular formula is C25H21NO3. The first-order valence-electron chi connectivity index (χ1n) is 9.33. The highest BCUT2D eigenvalue weighted by atomic mass is 16.7. The highest BCUT2D eigenvalue weighted by Crippen LogP contribution is 2.23. The molecule has 0 spiro atoms. The highest BCUT2D eigenvalue weighted by Gasteiger charge is 2.09. The van der Waals surface area contributed by atoms with E-state index in [1.807, 2.05) is 78.9 Å². The molecule has 0 aliphatic heterocycles. The van der Waals surface area contributed by atoms with Crippen molar-refractivity contribution in [3.8, 4) is 22.6 Å². The number of para-hydroxylation sites is 1. The predicted molar refractivity (Wildman–Crippen MR) is 117 cm³/mol. The van der Waals surface area contributed by atoms with Crippen molar-refractivity contribution < 1.29 is 9.47 Å². The van der Waals surface area contributed by atoms with Gasteiger partial charge in [0.15, 0.2) is 0 Å². The number of aryl methyl sites for hydroxylation is 1. The van der Waals surface area contributed by atoms with Gasteiger partial charge in [-0.3, -0.25) is 4.79 Å². The van der Waals surface area contributed by atoms with Gasteiger partial charge in [0.25, 0.3) is 5.56 Å². The minimum atomic E-state index is -0.0244. The topological polar surface area (TPSA) is 40.5 Å². The Morgan fingerprint density at radius 1 is 0.897 bits per heavy atom. The second-order valence-corrected chi connectivity index (χ2v) is 6.69. The molecule has 4 rings (SSSR count). The van der Waals surface area contributed by atoms with Crippen LogP contribution in [0.2, 0.25) is 0 Å². The number of rotatable bonds is 6. The van der Waals surface area contributed by atoms with E-state index in [1.165, 1.54) is 0 Å². The van der Waals surface area contributed by atoms with Crippen LogP contribution in [-0.4, -0.2) is 11.4 Å². The fourth-order valence-electron chi connectivity index (χ4n) is 3.23. The van der Waals surface area contributed by atoms with Gasteiger partial charge in [-0.25, -0.2) is 0 Å². The number of fused-ring (bicyclic) bond motifs is 1. The first-order chi connectivity index (χ1) is 14.2. The lowest BCUT2D eigenvalue weighted by atomic mass is 10.0. The molecule has 4 aromatic rings. The molecular weight excluding hydrogens is 362 g/mol. The fraction of sp³-hybridized carbons (Fsp3) is 0.0800. The van der Waals surface area contributed by atoms with Gasteiger partial charge in [0, 0.05) is 12.6 Å². The summed E-state index contributed by atoms with van der Waals surface area (Å²) in [6, 6.07) is 24.9. The van der Waals surface area contributed by atoms with Crippen LogP contribution in [0, 0.1) is 0 Å². The Labute approximate surface area is 169 Å². The van der Waals surface area contributed by atoms with Gasteiger partial charge in [0.2, 0.25) is 6.79 Å². The zero-order valence-electron chi connectivity index (χ0n) is 16.2. The van der Waals surface area contributed by atoms with Crippen LogP contribution in [0.4, 0.5) is 0 Å². The summed E-state index contributed by atoms with van der Waals surface area (Å²) in [5.74, 6) is 1.40. The van der Waals surface area contributed by atoms with E-state index >= 15 is 0 Å². The molecule has 0 amide bonds. The average Bonchev–Trinajstić information content (AvgIpc) is 2.77. The molecule has 29 heavy (non-hydrogen) atoms. The number of aromatic nitrogens is 1. The van der Waals surface area contributed by atoms with Gasteiger partial charge in [-0.2, -0.15) is 0 Å². The zero-order chi connectivity index (χ0) is 20.2. The smallest absolute Gasteiger partial charge is 0.258 e. The monoisotopic (exact) mass is 383 g/mol. The Hall–Kier alpha value is -3.79.